The van der Waals surface area contributed by atoms with Crippen LogP contribution in [0.1, 0.15) is 10.4 Å². The van der Waals surface area contributed by atoms with Gasteiger partial charge in [0.25, 0.3) is 5.91 Å². The zero-order valence-corrected chi connectivity index (χ0v) is 15.7. The number of carbonyl (C=O) groups is 1. The molecule has 146 valence electrons. The maximum absolute atomic E-state index is 13.7. The first kappa shape index (κ1) is 17.8. The number of amides is 1. The van der Waals surface area contributed by atoms with Crippen LogP contribution in [0.25, 0.3) is 33.7 Å². The number of para-hydroxylation sites is 1. The fourth-order valence-electron chi connectivity index (χ4n) is 3.38. The van der Waals surface area contributed by atoms with Gasteiger partial charge in [0.15, 0.2) is 5.82 Å². The first-order valence-corrected chi connectivity index (χ1v) is 9.34. The van der Waals surface area contributed by atoms with Crippen LogP contribution in [0.15, 0.2) is 79.0 Å². The van der Waals surface area contributed by atoms with Crippen molar-refractivity contribution < 1.29 is 9.18 Å². The average molecular weight is 397 g/mol. The molecular weight excluding hydrogens is 381 g/mol. The van der Waals surface area contributed by atoms with Crippen molar-refractivity contribution >= 4 is 22.6 Å². The number of hydrogen-bond acceptors (Lipinski definition) is 3. The fourth-order valence-corrected chi connectivity index (χ4v) is 3.38. The van der Waals surface area contributed by atoms with Gasteiger partial charge >= 0.3 is 0 Å². The van der Waals surface area contributed by atoms with Crippen molar-refractivity contribution in [2.45, 2.75) is 0 Å². The first-order valence-electron chi connectivity index (χ1n) is 9.34. The number of halogens is 1. The van der Waals surface area contributed by atoms with Crippen LogP contribution in [0.4, 0.5) is 10.1 Å². The number of imidazole rings is 1. The zero-order chi connectivity index (χ0) is 20.5. The monoisotopic (exact) mass is 397 g/mol. The normalized spacial score (nSPS) is 11.0. The molecule has 7 heteroatoms. The van der Waals surface area contributed by atoms with Crippen LogP contribution in [0.5, 0.6) is 0 Å². The molecule has 0 aliphatic rings. The Morgan fingerprint density at radius 1 is 0.967 bits per heavy atom. The number of nitrogens with zero attached hydrogens (tertiary/aromatic N) is 2. The van der Waals surface area contributed by atoms with Crippen molar-refractivity contribution in [1.82, 2.24) is 20.2 Å². The molecule has 1 amide bonds. The molecule has 0 aliphatic heterocycles. The molecule has 0 saturated heterocycles. The first-order chi connectivity index (χ1) is 14.7. The van der Waals surface area contributed by atoms with Crippen molar-refractivity contribution in [2.24, 2.45) is 0 Å². The van der Waals surface area contributed by atoms with E-state index in [0.717, 1.165) is 16.6 Å². The Kier molecular flexibility index (Phi) is 4.33. The molecule has 0 unspecified atom stereocenters. The van der Waals surface area contributed by atoms with Crippen LogP contribution < -0.4 is 5.32 Å². The Morgan fingerprint density at radius 3 is 2.63 bits per heavy atom. The number of benzene rings is 3. The minimum atomic E-state index is -0.306. The summed E-state index contributed by atoms with van der Waals surface area (Å²) in [6, 6.07) is 21.0. The van der Waals surface area contributed by atoms with Crippen molar-refractivity contribution in [3.05, 3.63) is 90.4 Å². The summed E-state index contributed by atoms with van der Waals surface area (Å²) in [6.45, 7) is 0. The highest BCUT2D eigenvalue weighted by atomic mass is 19.1. The van der Waals surface area contributed by atoms with Crippen LogP contribution in [0, 0.1) is 5.82 Å². The second-order valence-electron chi connectivity index (χ2n) is 6.78. The Hall–Kier alpha value is -4.26. The standard InChI is InChI=1S/C23H16FN5O/c24-16-9-4-8-15(12-16)17-10-5-11-18-20(17)28-22(26-18)21-19(13-25-29-21)27-23(30)14-6-2-1-3-7-14/h1-13H,(H,25,29)(H,26,28)(H,27,30). The lowest BCUT2D eigenvalue weighted by atomic mass is 10.0. The van der Waals surface area contributed by atoms with Gasteiger partial charge in [-0.05, 0) is 35.9 Å². The summed E-state index contributed by atoms with van der Waals surface area (Å²) in [7, 11) is 0. The van der Waals surface area contributed by atoms with Gasteiger partial charge in [-0.3, -0.25) is 9.89 Å². The van der Waals surface area contributed by atoms with Gasteiger partial charge in [0, 0.05) is 11.1 Å². The number of rotatable bonds is 4. The predicted octanol–water partition coefficient (Wildman–Crippen LogP) is 5.01. The summed E-state index contributed by atoms with van der Waals surface area (Å²) >= 11 is 0. The SMILES string of the molecule is O=C(Nc1cn[nH]c1-c1nc2c(-c3cccc(F)c3)cccc2[nH]1)c1ccccc1. The van der Waals surface area contributed by atoms with Crippen LogP contribution in [0.2, 0.25) is 0 Å². The maximum Gasteiger partial charge on any atom is 0.255 e. The molecule has 3 aromatic carbocycles. The molecule has 6 nitrogen and oxygen atoms in total. The summed E-state index contributed by atoms with van der Waals surface area (Å²) in [5.74, 6) is -0.0238. The van der Waals surface area contributed by atoms with Crippen molar-refractivity contribution in [3.63, 3.8) is 0 Å². The number of aromatic amines is 2. The number of hydrogen-bond donors (Lipinski definition) is 3. The number of nitrogens with one attached hydrogen (secondary N) is 3. The lowest BCUT2D eigenvalue weighted by Gasteiger charge is -2.04. The number of fused-ring (bicyclic) bond motifs is 1. The third kappa shape index (κ3) is 3.22. The Labute approximate surface area is 170 Å². The zero-order valence-electron chi connectivity index (χ0n) is 15.7. The van der Waals surface area contributed by atoms with E-state index in [-0.39, 0.29) is 11.7 Å². The maximum atomic E-state index is 13.7. The summed E-state index contributed by atoms with van der Waals surface area (Å²) in [6.07, 6.45) is 1.54. The van der Waals surface area contributed by atoms with Crippen LogP contribution in [-0.2, 0) is 0 Å². The fraction of sp³-hybridized carbons (Fsp3) is 0. The van der Waals surface area contributed by atoms with Crippen LogP contribution in [-0.4, -0.2) is 26.1 Å². The van der Waals surface area contributed by atoms with Crippen molar-refractivity contribution in [3.8, 4) is 22.6 Å². The molecular formula is C23H16FN5O. The minimum absolute atomic E-state index is 0.241. The molecule has 0 aliphatic carbocycles. The topological polar surface area (TPSA) is 86.5 Å². The molecule has 2 heterocycles. The van der Waals surface area contributed by atoms with Crippen molar-refractivity contribution in [2.75, 3.05) is 5.32 Å². The summed E-state index contributed by atoms with van der Waals surface area (Å²) in [4.78, 5) is 20.5. The molecule has 0 saturated carbocycles. The van der Waals surface area contributed by atoms with E-state index >= 15 is 0 Å². The van der Waals surface area contributed by atoms with Crippen LogP contribution in [0.3, 0.4) is 0 Å². The molecule has 5 rings (SSSR count). The van der Waals surface area contributed by atoms with E-state index in [0.29, 0.717) is 28.3 Å². The minimum Gasteiger partial charge on any atom is -0.337 e. The van der Waals surface area contributed by atoms with E-state index in [1.807, 2.05) is 30.3 Å². The van der Waals surface area contributed by atoms with Gasteiger partial charge in [-0.15, -0.1) is 0 Å². The molecule has 3 N–H and O–H groups in total. The number of anilines is 1. The van der Waals surface area contributed by atoms with E-state index in [1.165, 1.54) is 18.3 Å². The molecule has 0 atom stereocenters. The smallest absolute Gasteiger partial charge is 0.255 e. The third-order valence-electron chi connectivity index (χ3n) is 4.81. The summed E-state index contributed by atoms with van der Waals surface area (Å²) in [5.41, 5.74) is 4.65. The molecule has 0 radical (unpaired) electrons. The van der Waals surface area contributed by atoms with Gasteiger partial charge in [-0.1, -0.05) is 42.5 Å². The Bertz CT molecular complexity index is 1360. The van der Waals surface area contributed by atoms with E-state index in [4.69, 9.17) is 4.98 Å². The van der Waals surface area contributed by atoms with E-state index in [1.54, 1.807) is 30.3 Å². The number of H-pyrrole nitrogens is 2. The molecule has 2 aromatic heterocycles. The Balaban J connectivity index is 1.53. The van der Waals surface area contributed by atoms with E-state index in [9.17, 15) is 9.18 Å². The molecule has 5 aromatic rings. The number of carbonyl (C=O) groups excluding carboxylic acids is 1. The van der Waals surface area contributed by atoms with E-state index in [2.05, 4.69) is 20.5 Å². The Morgan fingerprint density at radius 2 is 1.80 bits per heavy atom. The second kappa shape index (κ2) is 7.29. The van der Waals surface area contributed by atoms with E-state index < -0.39 is 0 Å². The molecule has 0 spiro atoms. The quantitative estimate of drug-likeness (QED) is 0.398. The molecule has 0 fully saturated rings. The van der Waals surface area contributed by atoms with Gasteiger partial charge in [-0.2, -0.15) is 5.10 Å². The summed E-state index contributed by atoms with van der Waals surface area (Å²) in [5, 5.41) is 9.81. The largest absolute Gasteiger partial charge is 0.337 e. The third-order valence-corrected chi connectivity index (χ3v) is 4.81. The highest BCUT2D eigenvalue weighted by Gasteiger charge is 2.17. The highest BCUT2D eigenvalue weighted by molar-refractivity contribution is 6.06. The molecule has 0 bridgehead atoms. The van der Waals surface area contributed by atoms with Gasteiger partial charge in [0.2, 0.25) is 0 Å². The average Bonchev–Trinajstić information content (AvgIpc) is 3.40. The number of aromatic nitrogens is 4. The van der Waals surface area contributed by atoms with Gasteiger partial charge in [-0.25, -0.2) is 9.37 Å². The lowest BCUT2D eigenvalue weighted by molar-refractivity contribution is 0.102. The predicted molar refractivity (Wildman–Crippen MR) is 113 cm³/mol. The van der Waals surface area contributed by atoms with Crippen molar-refractivity contribution in [1.29, 1.82) is 0 Å². The molecule has 30 heavy (non-hydrogen) atoms. The second-order valence-corrected chi connectivity index (χ2v) is 6.78. The highest BCUT2D eigenvalue weighted by Crippen LogP contribution is 2.31. The van der Waals surface area contributed by atoms with Gasteiger partial charge in [0.05, 0.1) is 22.9 Å². The lowest BCUT2D eigenvalue weighted by Crippen LogP contribution is -2.11. The summed E-state index contributed by atoms with van der Waals surface area (Å²) < 4.78 is 13.7. The van der Waals surface area contributed by atoms with Gasteiger partial charge in [0.1, 0.15) is 11.5 Å². The van der Waals surface area contributed by atoms with Crippen LogP contribution >= 0.6 is 0 Å². The van der Waals surface area contributed by atoms with Gasteiger partial charge < -0.3 is 10.3 Å².